The summed E-state index contributed by atoms with van der Waals surface area (Å²) in [7, 11) is -0.343. The normalized spacial score (nSPS) is 13.7. The number of pyridine rings is 4. The van der Waals surface area contributed by atoms with Gasteiger partial charge in [0.1, 0.15) is 0 Å². The highest BCUT2D eigenvalue weighted by molar-refractivity contribution is 6.62. The lowest BCUT2D eigenvalue weighted by Gasteiger charge is -2.32. The van der Waals surface area contributed by atoms with Crippen molar-refractivity contribution in [3.8, 4) is 33.4 Å². The standard InChI is InChI=1S/C34H24N2.C26H25BO2.C14H11ClN2/c1-21-10-11-24-14-17-31-32(18-22(2)36-34(31)33(24)35-21)27-8-5-7-25(19-27)26-15-16-30-28(20-26)13-12-23-6-3-4-9-29(23)30;1-25(2)26(3,4)29-27(28-25)22-10-7-9-19(17-22)20-14-15-24-21(16-20)13-12-18-8-5-6-11-23(18)24;1-8-3-4-10-5-6-11-12(15)7-9(2)17-14(11)13(10)16-8/h3-20H,1-2H3;5-17H,1-4H3;3-7H,1-2H3. The quantitative estimate of drug-likeness (QED) is 0.129. The zero-order valence-electron chi connectivity index (χ0n) is 47.3. The summed E-state index contributed by atoms with van der Waals surface area (Å²) in [4.78, 5) is 18.9. The van der Waals surface area contributed by atoms with E-state index in [1.54, 1.807) is 0 Å². The fourth-order valence-corrected chi connectivity index (χ4v) is 11.8. The van der Waals surface area contributed by atoms with Gasteiger partial charge in [-0.15, -0.1) is 0 Å². The van der Waals surface area contributed by atoms with Crippen LogP contribution >= 0.6 is 11.6 Å². The first-order chi connectivity index (χ1) is 39.6. The van der Waals surface area contributed by atoms with E-state index in [9.17, 15) is 0 Å². The first kappa shape index (κ1) is 52.5. The van der Waals surface area contributed by atoms with Crippen molar-refractivity contribution >= 4 is 111 Å². The molecule has 5 heterocycles. The molecule has 4 aromatic heterocycles. The fourth-order valence-electron chi connectivity index (χ4n) is 11.5. The summed E-state index contributed by atoms with van der Waals surface area (Å²) in [5.41, 5.74) is 15.2. The Labute approximate surface area is 483 Å². The van der Waals surface area contributed by atoms with Crippen LogP contribution < -0.4 is 5.46 Å². The monoisotopic (exact) mass is 1080 g/mol. The Hall–Kier alpha value is -8.85. The molecule has 0 spiro atoms. The van der Waals surface area contributed by atoms with E-state index < -0.39 is 0 Å². The fraction of sp³-hybridized carbons (Fsp3) is 0.135. The zero-order chi connectivity index (χ0) is 56.4. The number of hydrogen-bond acceptors (Lipinski definition) is 6. The van der Waals surface area contributed by atoms with Crippen LogP contribution in [-0.4, -0.2) is 38.3 Å². The maximum absolute atomic E-state index is 6.24. The summed E-state index contributed by atoms with van der Waals surface area (Å²) in [6.07, 6.45) is 0. The van der Waals surface area contributed by atoms with Gasteiger partial charge in [-0.25, -0.2) is 0 Å². The molecular formula is C74H60BClN4O2. The van der Waals surface area contributed by atoms with E-state index in [1.165, 1.54) is 76.5 Å². The minimum atomic E-state index is -0.343. The predicted molar refractivity (Wildman–Crippen MR) is 347 cm³/mol. The Balaban J connectivity index is 0.000000123. The SMILES string of the molecule is CC1(C)OB(c2cccc(-c3ccc4c(ccc5ccccc54)c3)c2)OC1(C)C.Cc1ccc2ccc3c(-c4cccc(-c5ccc6c(ccc7ccccc76)c5)c4)cc(C)nc3c2n1.Cc1ccc2ccc3c(Cl)cc(C)nc3c2n1. The number of nitrogens with zero attached hydrogens (tertiary/aromatic N) is 4. The van der Waals surface area contributed by atoms with Crippen molar-refractivity contribution in [3.05, 3.63) is 246 Å². The van der Waals surface area contributed by atoms with Gasteiger partial charge in [-0.3, -0.25) is 19.9 Å². The van der Waals surface area contributed by atoms with E-state index in [1.807, 2.05) is 45.0 Å². The lowest BCUT2D eigenvalue weighted by atomic mass is 9.78. The molecule has 0 unspecified atom stereocenters. The van der Waals surface area contributed by atoms with Crippen LogP contribution in [0.4, 0.5) is 0 Å². The van der Waals surface area contributed by atoms with Gasteiger partial charge in [-0.05, 0) is 180 Å². The first-order valence-electron chi connectivity index (χ1n) is 28.0. The summed E-state index contributed by atoms with van der Waals surface area (Å²) in [5, 5.41) is 15.3. The van der Waals surface area contributed by atoms with Gasteiger partial charge < -0.3 is 9.31 Å². The second kappa shape index (κ2) is 20.9. The van der Waals surface area contributed by atoms with E-state index in [2.05, 4.69) is 239 Å². The van der Waals surface area contributed by atoms with Gasteiger partial charge in [0, 0.05) is 44.3 Å². The third kappa shape index (κ3) is 9.89. The van der Waals surface area contributed by atoms with Gasteiger partial charge in [-0.2, -0.15) is 0 Å². The summed E-state index contributed by atoms with van der Waals surface area (Å²) >= 11 is 6.23. The molecule has 0 saturated carbocycles. The Bertz CT molecular complexity index is 4850. The molecule has 0 bridgehead atoms. The molecule has 1 aliphatic rings. The highest BCUT2D eigenvalue weighted by Crippen LogP contribution is 2.39. The molecule has 6 nitrogen and oxygen atoms in total. The Kier molecular flexibility index (Phi) is 13.4. The summed E-state index contributed by atoms with van der Waals surface area (Å²) in [6, 6.07) is 77.5. The molecule has 15 rings (SSSR count). The number of halogens is 1. The van der Waals surface area contributed by atoms with Crippen LogP contribution in [0, 0.1) is 27.7 Å². The van der Waals surface area contributed by atoms with Crippen LogP contribution in [-0.2, 0) is 9.31 Å². The zero-order valence-corrected chi connectivity index (χ0v) is 48.1. The average Bonchev–Trinajstić information content (AvgIpc) is 3.89. The van der Waals surface area contributed by atoms with Gasteiger partial charge >= 0.3 is 7.12 Å². The second-order valence-electron chi connectivity index (χ2n) is 22.8. The smallest absolute Gasteiger partial charge is 0.399 e. The Morgan fingerprint density at radius 1 is 0.317 bits per heavy atom. The predicted octanol–water partition coefficient (Wildman–Crippen LogP) is 19.1. The summed E-state index contributed by atoms with van der Waals surface area (Å²) in [6.45, 7) is 16.4. The Morgan fingerprint density at radius 3 is 1.32 bits per heavy atom. The molecule has 1 saturated heterocycles. The van der Waals surface area contributed by atoms with Crippen molar-refractivity contribution in [2.75, 3.05) is 0 Å². The third-order valence-corrected chi connectivity index (χ3v) is 16.8. The van der Waals surface area contributed by atoms with Crippen molar-refractivity contribution < 1.29 is 9.31 Å². The van der Waals surface area contributed by atoms with Crippen LogP contribution in [0.25, 0.3) is 120 Å². The summed E-state index contributed by atoms with van der Waals surface area (Å²) < 4.78 is 12.5. The third-order valence-electron chi connectivity index (χ3n) is 16.5. The van der Waals surface area contributed by atoms with Gasteiger partial charge in [0.2, 0.25) is 0 Å². The van der Waals surface area contributed by atoms with Gasteiger partial charge in [-0.1, -0.05) is 188 Å². The molecule has 14 aromatic rings. The van der Waals surface area contributed by atoms with Crippen LogP contribution in [0.1, 0.15) is 50.5 Å². The molecule has 10 aromatic carbocycles. The van der Waals surface area contributed by atoms with Crippen molar-refractivity contribution in [2.24, 2.45) is 0 Å². The maximum atomic E-state index is 6.24. The number of benzene rings is 10. The highest BCUT2D eigenvalue weighted by Gasteiger charge is 2.51. The molecule has 1 fully saturated rings. The van der Waals surface area contributed by atoms with Crippen molar-refractivity contribution in [1.29, 1.82) is 0 Å². The molecule has 0 amide bonds. The molecule has 82 heavy (non-hydrogen) atoms. The largest absolute Gasteiger partial charge is 0.494 e. The minimum Gasteiger partial charge on any atom is -0.399 e. The molecule has 0 aliphatic carbocycles. The van der Waals surface area contributed by atoms with Crippen LogP contribution in [0.5, 0.6) is 0 Å². The topological polar surface area (TPSA) is 70.0 Å². The number of aryl methyl sites for hydroxylation is 4. The molecule has 0 atom stereocenters. The number of rotatable bonds is 4. The van der Waals surface area contributed by atoms with E-state index in [4.69, 9.17) is 30.9 Å². The second-order valence-corrected chi connectivity index (χ2v) is 23.2. The summed E-state index contributed by atoms with van der Waals surface area (Å²) in [5.74, 6) is 0. The molecule has 0 radical (unpaired) electrons. The lowest BCUT2D eigenvalue weighted by molar-refractivity contribution is 0.00578. The first-order valence-corrected chi connectivity index (χ1v) is 28.4. The van der Waals surface area contributed by atoms with E-state index >= 15 is 0 Å². The van der Waals surface area contributed by atoms with E-state index in [0.29, 0.717) is 0 Å². The van der Waals surface area contributed by atoms with Crippen molar-refractivity contribution in [1.82, 2.24) is 19.9 Å². The van der Waals surface area contributed by atoms with Crippen LogP contribution in [0.2, 0.25) is 5.02 Å². The van der Waals surface area contributed by atoms with Gasteiger partial charge in [0.05, 0.1) is 38.3 Å². The van der Waals surface area contributed by atoms with E-state index in [-0.39, 0.29) is 18.3 Å². The maximum Gasteiger partial charge on any atom is 0.494 e. The molecule has 398 valence electrons. The van der Waals surface area contributed by atoms with E-state index in [0.717, 1.165) is 76.9 Å². The lowest BCUT2D eigenvalue weighted by Crippen LogP contribution is -2.41. The van der Waals surface area contributed by atoms with Gasteiger partial charge in [0.25, 0.3) is 0 Å². The van der Waals surface area contributed by atoms with Crippen LogP contribution in [0.3, 0.4) is 0 Å². The Morgan fingerprint density at radius 2 is 0.732 bits per heavy atom. The number of hydrogen-bond donors (Lipinski definition) is 0. The van der Waals surface area contributed by atoms with Crippen molar-refractivity contribution in [3.63, 3.8) is 0 Å². The molecule has 0 N–H and O–H groups in total. The molecular weight excluding hydrogens is 1020 g/mol. The van der Waals surface area contributed by atoms with Crippen LogP contribution in [0.15, 0.2) is 218 Å². The molecule has 1 aliphatic heterocycles. The number of fused-ring (bicyclic) bond motifs is 12. The number of aromatic nitrogens is 4. The van der Waals surface area contributed by atoms with Gasteiger partial charge in [0.15, 0.2) is 0 Å². The minimum absolute atomic E-state index is 0.336. The highest BCUT2D eigenvalue weighted by atomic mass is 35.5. The molecule has 8 heteroatoms. The van der Waals surface area contributed by atoms with Crippen molar-refractivity contribution in [2.45, 2.75) is 66.6 Å². The average molecular weight is 1080 g/mol.